The third kappa shape index (κ3) is 3.64. The fraction of sp³-hybridized carbons (Fsp3) is 0.357. The van der Waals surface area contributed by atoms with Gasteiger partial charge in [0.1, 0.15) is 12.2 Å². The largest absolute Gasteiger partial charge is 0.387 e. The Hall–Kier alpha value is -2.21. The van der Waals surface area contributed by atoms with Crippen molar-refractivity contribution >= 4 is 11.6 Å². The van der Waals surface area contributed by atoms with Crippen LogP contribution in [0, 0.1) is 0 Å². The van der Waals surface area contributed by atoms with Gasteiger partial charge in [-0.1, -0.05) is 24.3 Å². The predicted molar refractivity (Wildman–Crippen MR) is 75.1 cm³/mol. The number of aliphatic hydroxyl groups is 1. The molecular formula is C14H18N4O2. The molecule has 1 aromatic heterocycles. The van der Waals surface area contributed by atoms with Crippen LogP contribution in [0.1, 0.15) is 31.2 Å². The average molecular weight is 274 g/mol. The summed E-state index contributed by atoms with van der Waals surface area (Å²) in [5.41, 5.74) is 2.39. The molecule has 0 aliphatic heterocycles. The molecule has 2 aromatic rings. The van der Waals surface area contributed by atoms with Crippen LogP contribution in [0.5, 0.6) is 0 Å². The third-order valence-electron chi connectivity index (χ3n) is 2.91. The van der Waals surface area contributed by atoms with Gasteiger partial charge in [0.05, 0.1) is 12.3 Å². The van der Waals surface area contributed by atoms with Crippen molar-refractivity contribution in [3.8, 4) is 0 Å². The molecule has 1 aromatic carbocycles. The van der Waals surface area contributed by atoms with E-state index in [1.807, 2.05) is 24.3 Å². The Bertz CT molecular complexity index is 592. The highest BCUT2D eigenvalue weighted by Gasteiger charge is 2.09. The van der Waals surface area contributed by atoms with Gasteiger partial charge in [0.15, 0.2) is 0 Å². The summed E-state index contributed by atoms with van der Waals surface area (Å²) in [6, 6.07) is 7.72. The van der Waals surface area contributed by atoms with Gasteiger partial charge >= 0.3 is 0 Å². The summed E-state index contributed by atoms with van der Waals surface area (Å²) in [7, 11) is 0. The van der Waals surface area contributed by atoms with Crippen LogP contribution in [0.25, 0.3) is 0 Å². The van der Waals surface area contributed by atoms with Crippen molar-refractivity contribution in [1.82, 2.24) is 15.0 Å². The summed E-state index contributed by atoms with van der Waals surface area (Å²) in [6.45, 7) is 3.73. The monoisotopic (exact) mass is 274 g/mol. The molecule has 0 saturated heterocycles. The van der Waals surface area contributed by atoms with E-state index in [0.29, 0.717) is 5.69 Å². The highest BCUT2D eigenvalue weighted by Crippen LogP contribution is 2.11. The van der Waals surface area contributed by atoms with Crippen LogP contribution < -0.4 is 5.32 Å². The first-order chi connectivity index (χ1) is 9.58. The summed E-state index contributed by atoms with van der Waals surface area (Å²) in [5, 5.41) is 19.7. The minimum Gasteiger partial charge on any atom is -0.387 e. The number of aliphatic hydroxyl groups excluding tert-OH is 1. The van der Waals surface area contributed by atoms with Gasteiger partial charge in [-0.05, 0) is 31.0 Å². The standard InChI is InChI=1S/C14H18N4O2/c1-3-11-5-4-6-12(7-11)15-14(20)9-18-8-13(10(2)19)16-17-18/h4-8,10,19H,3,9H2,1-2H3,(H,15,20). The van der Waals surface area contributed by atoms with Gasteiger partial charge in [-0.15, -0.1) is 5.10 Å². The number of nitrogens with one attached hydrogen (secondary N) is 1. The fourth-order valence-corrected chi connectivity index (χ4v) is 1.80. The Morgan fingerprint density at radius 2 is 2.30 bits per heavy atom. The molecule has 1 heterocycles. The molecule has 0 radical (unpaired) electrons. The molecule has 1 unspecified atom stereocenters. The number of hydrogen-bond donors (Lipinski definition) is 2. The number of aromatic nitrogens is 3. The molecule has 0 spiro atoms. The van der Waals surface area contributed by atoms with E-state index in [9.17, 15) is 9.90 Å². The smallest absolute Gasteiger partial charge is 0.246 e. The van der Waals surface area contributed by atoms with Gasteiger partial charge in [-0.3, -0.25) is 4.79 Å². The zero-order valence-electron chi connectivity index (χ0n) is 11.6. The van der Waals surface area contributed by atoms with Gasteiger partial charge in [0.2, 0.25) is 5.91 Å². The minimum atomic E-state index is -0.687. The Labute approximate surface area is 117 Å². The zero-order chi connectivity index (χ0) is 14.5. The van der Waals surface area contributed by atoms with Crippen LogP contribution in [-0.4, -0.2) is 26.0 Å². The van der Waals surface area contributed by atoms with Crippen LogP contribution in [0.4, 0.5) is 5.69 Å². The van der Waals surface area contributed by atoms with Crippen LogP contribution >= 0.6 is 0 Å². The molecule has 2 rings (SSSR count). The number of carbonyl (C=O) groups excluding carboxylic acids is 1. The topological polar surface area (TPSA) is 80.0 Å². The lowest BCUT2D eigenvalue weighted by atomic mass is 10.1. The molecular weight excluding hydrogens is 256 g/mol. The SMILES string of the molecule is CCc1cccc(NC(=O)Cn2cc(C(C)O)nn2)c1. The van der Waals surface area contributed by atoms with Gasteiger partial charge in [0, 0.05) is 5.69 Å². The molecule has 0 fully saturated rings. The molecule has 0 saturated carbocycles. The maximum Gasteiger partial charge on any atom is 0.246 e. The Balaban J connectivity index is 1.97. The molecule has 6 nitrogen and oxygen atoms in total. The maximum atomic E-state index is 11.9. The molecule has 6 heteroatoms. The normalized spacial score (nSPS) is 12.2. The first kappa shape index (κ1) is 14.2. The molecule has 2 N–H and O–H groups in total. The second-order valence-corrected chi connectivity index (χ2v) is 4.62. The number of aryl methyl sites for hydroxylation is 1. The van der Waals surface area contributed by atoms with E-state index in [2.05, 4.69) is 22.6 Å². The van der Waals surface area contributed by atoms with E-state index in [-0.39, 0.29) is 12.5 Å². The Morgan fingerprint density at radius 3 is 2.95 bits per heavy atom. The number of carbonyl (C=O) groups is 1. The van der Waals surface area contributed by atoms with Gasteiger partial charge < -0.3 is 10.4 Å². The van der Waals surface area contributed by atoms with E-state index in [1.165, 1.54) is 10.2 Å². The lowest BCUT2D eigenvalue weighted by molar-refractivity contribution is -0.116. The average Bonchev–Trinajstić information content (AvgIpc) is 2.87. The van der Waals surface area contributed by atoms with Crippen molar-refractivity contribution < 1.29 is 9.90 Å². The van der Waals surface area contributed by atoms with E-state index in [0.717, 1.165) is 12.1 Å². The van der Waals surface area contributed by atoms with E-state index >= 15 is 0 Å². The Morgan fingerprint density at radius 1 is 1.50 bits per heavy atom. The first-order valence-electron chi connectivity index (χ1n) is 6.55. The van der Waals surface area contributed by atoms with Crippen LogP contribution in [0.3, 0.4) is 0 Å². The number of amides is 1. The summed E-state index contributed by atoms with van der Waals surface area (Å²) in [4.78, 5) is 11.9. The minimum absolute atomic E-state index is 0.0655. The van der Waals surface area contributed by atoms with Crippen LogP contribution in [0.2, 0.25) is 0 Å². The number of hydrogen-bond acceptors (Lipinski definition) is 4. The molecule has 1 atom stereocenters. The lowest BCUT2D eigenvalue weighted by Gasteiger charge is -2.06. The van der Waals surface area contributed by atoms with Crippen LogP contribution in [0.15, 0.2) is 30.5 Å². The molecule has 0 bridgehead atoms. The van der Waals surface area contributed by atoms with Crippen molar-refractivity contribution in [3.05, 3.63) is 41.7 Å². The Kier molecular flexibility index (Phi) is 4.47. The van der Waals surface area contributed by atoms with Crippen molar-refractivity contribution in [2.24, 2.45) is 0 Å². The lowest BCUT2D eigenvalue weighted by Crippen LogP contribution is -2.19. The quantitative estimate of drug-likeness (QED) is 0.866. The number of benzene rings is 1. The third-order valence-corrected chi connectivity index (χ3v) is 2.91. The van der Waals surface area contributed by atoms with Crippen LogP contribution in [-0.2, 0) is 17.8 Å². The van der Waals surface area contributed by atoms with Gasteiger partial charge in [-0.25, -0.2) is 4.68 Å². The molecule has 0 aliphatic rings. The highest BCUT2D eigenvalue weighted by atomic mass is 16.3. The van der Waals surface area contributed by atoms with Crippen molar-refractivity contribution in [2.45, 2.75) is 32.9 Å². The molecule has 0 aliphatic carbocycles. The predicted octanol–water partition coefficient (Wildman–Crippen LogP) is 1.53. The molecule has 106 valence electrons. The number of rotatable bonds is 5. The van der Waals surface area contributed by atoms with E-state index in [4.69, 9.17) is 0 Å². The maximum absolute atomic E-state index is 11.9. The van der Waals surface area contributed by atoms with E-state index in [1.54, 1.807) is 13.1 Å². The van der Waals surface area contributed by atoms with Gasteiger partial charge in [0.25, 0.3) is 0 Å². The van der Waals surface area contributed by atoms with Crippen molar-refractivity contribution in [1.29, 1.82) is 0 Å². The second-order valence-electron chi connectivity index (χ2n) is 4.62. The summed E-state index contributed by atoms with van der Waals surface area (Å²) in [6.07, 6.45) is 1.80. The highest BCUT2D eigenvalue weighted by molar-refractivity contribution is 5.90. The first-order valence-corrected chi connectivity index (χ1v) is 6.55. The van der Waals surface area contributed by atoms with E-state index < -0.39 is 6.10 Å². The molecule has 1 amide bonds. The van der Waals surface area contributed by atoms with Gasteiger partial charge in [-0.2, -0.15) is 0 Å². The second kappa shape index (κ2) is 6.29. The van der Waals surface area contributed by atoms with Crippen molar-refractivity contribution in [3.63, 3.8) is 0 Å². The summed E-state index contributed by atoms with van der Waals surface area (Å²) >= 11 is 0. The fourth-order valence-electron chi connectivity index (χ4n) is 1.80. The van der Waals surface area contributed by atoms with Crippen molar-refractivity contribution in [2.75, 3.05) is 5.32 Å². The molecule has 20 heavy (non-hydrogen) atoms. The number of nitrogens with zero attached hydrogens (tertiary/aromatic N) is 3. The zero-order valence-corrected chi connectivity index (χ0v) is 11.6. The summed E-state index contributed by atoms with van der Waals surface area (Å²) < 4.78 is 1.40. The number of anilines is 1. The summed E-state index contributed by atoms with van der Waals surface area (Å²) in [5.74, 6) is -0.180.